The van der Waals surface area contributed by atoms with Crippen LogP contribution in [0.2, 0.25) is 0 Å². The standard InChI is InChI=1S/C15H19N3OS.ClH/c1-3-11-4-6-12(7-5-11)10(2)17-15(19)13-9-20-14(8-16)18-13;/h4-7,9-10H,3,8,16H2,1-2H3,(H,17,19);1H. The van der Waals surface area contributed by atoms with Crippen molar-refractivity contribution in [2.75, 3.05) is 0 Å². The van der Waals surface area contributed by atoms with Gasteiger partial charge in [-0.2, -0.15) is 0 Å². The minimum absolute atomic E-state index is 0. The van der Waals surface area contributed by atoms with E-state index in [1.165, 1.54) is 16.9 Å². The zero-order valence-corrected chi connectivity index (χ0v) is 13.8. The Kier molecular flexibility index (Phi) is 6.81. The highest BCUT2D eigenvalue weighted by molar-refractivity contribution is 7.09. The Morgan fingerprint density at radius 3 is 2.57 bits per heavy atom. The highest BCUT2D eigenvalue weighted by Crippen LogP contribution is 2.15. The van der Waals surface area contributed by atoms with E-state index in [1.807, 2.05) is 6.92 Å². The van der Waals surface area contributed by atoms with Crippen molar-refractivity contribution in [3.05, 3.63) is 51.5 Å². The summed E-state index contributed by atoms with van der Waals surface area (Å²) in [4.78, 5) is 16.3. The molecule has 1 aromatic heterocycles. The maximum absolute atomic E-state index is 12.1. The lowest BCUT2D eigenvalue weighted by molar-refractivity contribution is 0.0935. The molecule has 0 aliphatic rings. The van der Waals surface area contributed by atoms with Gasteiger partial charge in [-0.25, -0.2) is 4.98 Å². The van der Waals surface area contributed by atoms with E-state index in [2.05, 4.69) is 41.5 Å². The van der Waals surface area contributed by atoms with Crippen molar-refractivity contribution in [3.8, 4) is 0 Å². The molecule has 114 valence electrons. The van der Waals surface area contributed by atoms with Crippen molar-refractivity contribution in [2.45, 2.75) is 32.9 Å². The zero-order valence-electron chi connectivity index (χ0n) is 12.1. The SMILES string of the molecule is CCc1ccc(C(C)NC(=O)c2csc(CN)n2)cc1.Cl. The molecule has 0 bridgehead atoms. The Morgan fingerprint density at radius 1 is 1.38 bits per heavy atom. The van der Waals surface area contributed by atoms with Gasteiger partial charge in [0.2, 0.25) is 0 Å². The van der Waals surface area contributed by atoms with E-state index in [0.29, 0.717) is 12.2 Å². The molecule has 0 aliphatic carbocycles. The van der Waals surface area contributed by atoms with Crippen LogP contribution in [0.1, 0.15) is 46.5 Å². The van der Waals surface area contributed by atoms with E-state index >= 15 is 0 Å². The lowest BCUT2D eigenvalue weighted by Crippen LogP contribution is -2.27. The number of hydrogen-bond donors (Lipinski definition) is 2. The molecule has 0 saturated heterocycles. The molecule has 1 heterocycles. The van der Waals surface area contributed by atoms with Gasteiger partial charge in [-0.1, -0.05) is 31.2 Å². The second-order valence-corrected chi connectivity index (χ2v) is 5.56. The molecule has 2 aromatic rings. The summed E-state index contributed by atoms with van der Waals surface area (Å²) in [5.74, 6) is -0.159. The Balaban J connectivity index is 0.00000220. The van der Waals surface area contributed by atoms with E-state index in [-0.39, 0.29) is 24.4 Å². The molecule has 1 unspecified atom stereocenters. The number of hydrogen-bond acceptors (Lipinski definition) is 4. The van der Waals surface area contributed by atoms with Crippen LogP contribution in [0.5, 0.6) is 0 Å². The molecule has 1 aromatic carbocycles. The van der Waals surface area contributed by atoms with Crippen LogP contribution < -0.4 is 11.1 Å². The third-order valence-corrected chi connectivity index (χ3v) is 4.07. The normalized spacial score (nSPS) is 11.6. The molecule has 2 rings (SSSR count). The monoisotopic (exact) mass is 325 g/mol. The van der Waals surface area contributed by atoms with Crippen molar-refractivity contribution in [3.63, 3.8) is 0 Å². The third kappa shape index (κ3) is 4.52. The number of benzene rings is 1. The molecule has 0 saturated carbocycles. The van der Waals surface area contributed by atoms with Crippen LogP contribution in [-0.2, 0) is 13.0 Å². The predicted octanol–water partition coefficient (Wildman–Crippen LogP) is 3.08. The average Bonchev–Trinajstić information content (AvgIpc) is 2.96. The van der Waals surface area contributed by atoms with E-state index in [0.717, 1.165) is 17.0 Å². The average molecular weight is 326 g/mol. The Hall–Kier alpha value is -1.43. The fourth-order valence-corrected chi connectivity index (χ4v) is 2.56. The van der Waals surface area contributed by atoms with Crippen LogP contribution in [0.4, 0.5) is 0 Å². The van der Waals surface area contributed by atoms with Gasteiger partial charge in [0.05, 0.1) is 6.04 Å². The lowest BCUT2D eigenvalue weighted by atomic mass is 10.0. The first-order valence-electron chi connectivity index (χ1n) is 6.68. The van der Waals surface area contributed by atoms with Crippen molar-refractivity contribution < 1.29 is 4.79 Å². The number of aromatic nitrogens is 1. The fourth-order valence-electron chi connectivity index (χ4n) is 1.90. The molecule has 0 fully saturated rings. The van der Waals surface area contributed by atoms with Gasteiger partial charge in [-0.15, -0.1) is 23.7 Å². The van der Waals surface area contributed by atoms with Gasteiger partial charge in [0.25, 0.3) is 5.91 Å². The van der Waals surface area contributed by atoms with Crippen LogP contribution in [0.25, 0.3) is 0 Å². The summed E-state index contributed by atoms with van der Waals surface area (Å²) in [5, 5.41) is 5.47. The molecule has 4 nitrogen and oxygen atoms in total. The molecule has 0 spiro atoms. The fraction of sp³-hybridized carbons (Fsp3) is 0.333. The summed E-state index contributed by atoms with van der Waals surface area (Å²) in [6, 6.07) is 8.24. The largest absolute Gasteiger partial charge is 0.344 e. The van der Waals surface area contributed by atoms with Crippen molar-refractivity contribution in [1.29, 1.82) is 0 Å². The van der Waals surface area contributed by atoms with Gasteiger partial charge in [0.1, 0.15) is 10.7 Å². The molecular weight excluding hydrogens is 306 g/mol. The van der Waals surface area contributed by atoms with Gasteiger partial charge < -0.3 is 11.1 Å². The summed E-state index contributed by atoms with van der Waals surface area (Å²) in [6.45, 7) is 4.46. The van der Waals surface area contributed by atoms with Crippen molar-refractivity contribution in [1.82, 2.24) is 10.3 Å². The Morgan fingerprint density at radius 2 is 2.05 bits per heavy atom. The van der Waals surface area contributed by atoms with Crippen LogP contribution in [0.3, 0.4) is 0 Å². The summed E-state index contributed by atoms with van der Waals surface area (Å²) in [6.07, 6.45) is 1.02. The van der Waals surface area contributed by atoms with E-state index in [1.54, 1.807) is 5.38 Å². The van der Waals surface area contributed by atoms with E-state index < -0.39 is 0 Å². The number of halogens is 1. The molecule has 0 aliphatic heterocycles. The topological polar surface area (TPSA) is 68.0 Å². The van der Waals surface area contributed by atoms with Gasteiger partial charge in [-0.3, -0.25) is 4.79 Å². The van der Waals surface area contributed by atoms with E-state index in [9.17, 15) is 4.79 Å². The summed E-state index contributed by atoms with van der Waals surface area (Å²) < 4.78 is 0. The number of thiazole rings is 1. The zero-order chi connectivity index (χ0) is 14.5. The maximum atomic E-state index is 12.1. The second kappa shape index (κ2) is 8.12. The molecule has 0 radical (unpaired) electrons. The third-order valence-electron chi connectivity index (χ3n) is 3.19. The van der Waals surface area contributed by atoms with E-state index in [4.69, 9.17) is 5.73 Å². The van der Waals surface area contributed by atoms with Crippen LogP contribution in [0.15, 0.2) is 29.6 Å². The highest BCUT2D eigenvalue weighted by atomic mass is 35.5. The molecule has 1 atom stereocenters. The minimum atomic E-state index is -0.159. The molecule has 21 heavy (non-hydrogen) atoms. The first kappa shape index (κ1) is 17.6. The van der Waals surface area contributed by atoms with Gasteiger partial charge in [0.15, 0.2) is 0 Å². The van der Waals surface area contributed by atoms with Crippen molar-refractivity contribution >= 4 is 29.7 Å². The first-order valence-corrected chi connectivity index (χ1v) is 7.56. The number of aryl methyl sites for hydroxylation is 1. The Bertz CT molecular complexity index is 583. The number of nitrogens with one attached hydrogen (secondary N) is 1. The molecule has 3 N–H and O–H groups in total. The lowest BCUT2D eigenvalue weighted by Gasteiger charge is -2.13. The van der Waals surface area contributed by atoms with Crippen LogP contribution in [-0.4, -0.2) is 10.9 Å². The maximum Gasteiger partial charge on any atom is 0.271 e. The van der Waals surface area contributed by atoms with Crippen LogP contribution >= 0.6 is 23.7 Å². The number of nitrogens with zero attached hydrogens (tertiary/aromatic N) is 1. The highest BCUT2D eigenvalue weighted by Gasteiger charge is 2.14. The molecular formula is C15H20ClN3OS. The number of rotatable bonds is 5. The summed E-state index contributed by atoms with van der Waals surface area (Å²) in [7, 11) is 0. The number of carbonyl (C=O) groups is 1. The number of nitrogens with two attached hydrogens (primary N) is 1. The van der Waals surface area contributed by atoms with Gasteiger partial charge in [-0.05, 0) is 24.5 Å². The predicted molar refractivity (Wildman–Crippen MR) is 89.0 cm³/mol. The van der Waals surface area contributed by atoms with Crippen LogP contribution in [0, 0.1) is 0 Å². The number of carbonyl (C=O) groups excluding carboxylic acids is 1. The summed E-state index contributed by atoms with van der Waals surface area (Å²) in [5.41, 5.74) is 8.32. The quantitative estimate of drug-likeness (QED) is 0.887. The Labute approximate surface area is 135 Å². The minimum Gasteiger partial charge on any atom is -0.344 e. The molecule has 6 heteroatoms. The van der Waals surface area contributed by atoms with Gasteiger partial charge >= 0.3 is 0 Å². The second-order valence-electron chi connectivity index (χ2n) is 4.62. The number of amides is 1. The first-order chi connectivity index (χ1) is 9.63. The summed E-state index contributed by atoms with van der Waals surface area (Å²) >= 11 is 1.41. The molecule has 1 amide bonds. The smallest absolute Gasteiger partial charge is 0.271 e. The van der Waals surface area contributed by atoms with Crippen molar-refractivity contribution in [2.24, 2.45) is 5.73 Å². The van der Waals surface area contributed by atoms with Gasteiger partial charge in [0, 0.05) is 11.9 Å².